The minimum absolute atomic E-state index is 0.830. The number of para-hydroxylation sites is 7. The molecular formula is C48H31N5OS. The van der Waals surface area contributed by atoms with Gasteiger partial charge in [-0.2, -0.15) is 8.75 Å². The number of ether oxygens (including phenoxy) is 1. The highest BCUT2D eigenvalue weighted by atomic mass is 32.1. The topological polar surface area (TPSA) is 46.4 Å². The van der Waals surface area contributed by atoms with E-state index in [0.29, 0.717) is 0 Å². The summed E-state index contributed by atoms with van der Waals surface area (Å²) < 4.78 is 18.4. The lowest BCUT2D eigenvalue weighted by molar-refractivity contribution is 0.477. The average Bonchev–Trinajstić information content (AvgIpc) is 3.88. The molecule has 1 aliphatic heterocycles. The summed E-state index contributed by atoms with van der Waals surface area (Å²) in [6.45, 7) is 0. The second-order valence-electron chi connectivity index (χ2n) is 13.6. The maximum absolute atomic E-state index is 6.27. The van der Waals surface area contributed by atoms with Crippen LogP contribution in [0, 0.1) is 0 Å². The molecule has 55 heavy (non-hydrogen) atoms. The largest absolute Gasteiger partial charge is 0.453 e. The standard InChI is InChI=1S/C48H31N5OS/c1-2-12-33(13-3-1)51(34-26-28-36(29-27-34)53-42-18-8-10-20-45(42)54-46-21-11-9-19-43(46)53)44-31-30-37(47-48(44)50-55-49-47)32-22-24-35(25-23-32)52-40-16-6-4-14-38(40)39-15-5-7-17-41(39)52/h1-31H. The summed E-state index contributed by atoms with van der Waals surface area (Å²) in [6, 6.07) is 65.9. The van der Waals surface area contributed by atoms with Gasteiger partial charge in [0.15, 0.2) is 11.5 Å². The third-order valence-corrected chi connectivity index (χ3v) is 11.0. The molecule has 0 radical (unpaired) electrons. The van der Waals surface area contributed by atoms with Crippen LogP contribution in [-0.4, -0.2) is 13.3 Å². The van der Waals surface area contributed by atoms with Gasteiger partial charge in [0.25, 0.3) is 0 Å². The number of hydrogen-bond donors (Lipinski definition) is 0. The number of benzene rings is 8. The van der Waals surface area contributed by atoms with Crippen LogP contribution >= 0.6 is 11.7 Å². The van der Waals surface area contributed by atoms with Crippen molar-refractivity contribution in [1.82, 2.24) is 13.3 Å². The molecule has 10 aromatic rings. The van der Waals surface area contributed by atoms with E-state index in [1.807, 2.05) is 42.5 Å². The Bertz CT molecular complexity index is 2930. The summed E-state index contributed by atoms with van der Waals surface area (Å²) in [5, 5.41) is 2.50. The lowest BCUT2D eigenvalue weighted by Gasteiger charge is -2.33. The van der Waals surface area contributed by atoms with E-state index in [2.05, 4.69) is 160 Å². The monoisotopic (exact) mass is 725 g/mol. The molecule has 260 valence electrons. The Kier molecular flexibility index (Phi) is 7.25. The molecule has 0 fully saturated rings. The quantitative estimate of drug-likeness (QED) is 0.171. The van der Waals surface area contributed by atoms with Gasteiger partial charge in [0.1, 0.15) is 11.0 Å². The normalized spacial score (nSPS) is 12.1. The zero-order chi connectivity index (χ0) is 36.3. The molecule has 2 aromatic heterocycles. The summed E-state index contributed by atoms with van der Waals surface area (Å²) in [5.41, 5.74) is 13.5. The van der Waals surface area contributed by atoms with Crippen LogP contribution in [0.4, 0.5) is 34.1 Å². The highest BCUT2D eigenvalue weighted by molar-refractivity contribution is 7.00. The molecular weight excluding hydrogens is 695 g/mol. The van der Waals surface area contributed by atoms with Crippen molar-refractivity contribution in [3.8, 4) is 28.3 Å². The number of anilines is 6. The number of nitrogens with zero attached hydrogens (tertiary/aromatic N) is 5. The smallest absolute Gasteiger partial charge is 0.151 e. The van der Waals surface area contributed by atoms with Crippen LogP contribution in [0.5, 0.6) is 11.5 Å². The second-order valence-corrected chi connectivity index (χ2v) is 14.1. The molecule has 0 amide bonds. The van der Waals surface area contributed by atoms with E-state index in [0.717, 1.165) is 73.5 Å². The summed E-state index contributed by atoms with van der Waals surface area (Å²) in [7, 11) is 0. The Morgan fingerprint density at radius 1 is 0.455 bits per heavy atom. The van der Waals surface area contributed by atoms with Gasteiger partial charge in [-0.25, -0.2) is 0 Å². The van der Waals surface area contributed by atoms with Crippen molar-refractivity contribution in [3.05, 3.63) is 188 Å². The zero-order valence-corrected chi connectivity index (χ0v) is 30.3. The van der Waals surface area contributed by atoms with Crippen molar-refractivity contribution in [2.75, 3.05) is 9.80 Å². The summed E-state index contributed by atoms with van der Waals surface area (Å²) in [4.78, 5) is 4.53. The molecule has 0 saturated heterocycles. The Morgan fingerprint density at radius 2 is 1.00 bits per heavy atom. The molecule has 7 heteroatoms. The van der Waals surface area contributed by atoms with Crippen LogP contribution in [0.25, 0.3) is 49.7 Å². The first-order valence-corrected chi connectivity index (χ1v) is 19.0. The lowest BCUT2D eigenvalue weighted by Crippen LogP contribution is -2.16. The minimum Gasteiger partial charge on any atom is -0.453 e. The number of hydrogen-bond acceptors (Lipinski definition) is 6. The molecule has 0 bridgehead atoms. The van der Waals surface area contributed by atoms with Gasteiger partial charge in [-0.05, 0) is 103 Å². The summed E-state index contributed by atoms with van der Waals surface area (Å²) in [6.07, 6.45) is 0. The fourth-order valence-electron chi connectivity index (χ4n) is 8.00. The molecule has 0 spiro atoms. The van der Waals surface area contributed by atoms with E-state index >= 15 is 0 Å². The van der Waals surface area contributed by atoms with Crippen molar-refractivity contribution >= 4 is 78.7 Å². The van der Waals surface area contributed by atoms with E-state index in [-0.39, 0.29) is 0 Å². The van der Waals surface area contributed by atoms with Gasteiger partial charge in [-0.15, -0.1) is 0 Å². The molecule has 8 aromatic carbocycles. The van der Waals surface area contributed by atoms with Gasteiger partial charge in [0.05, 0.1) is 39.8 Å². The van der Waals surface area contributed by atoms with Crippen LogP contribution in [0.3, 0.4) is 0 Å². The molecule has 6 nitrogen and oxygen atoms in total. The average molecular weight is 726 g/mol. The van der Waals surface area contributed by atoms with Crippen molar-refractivity contribution in [1.29, 1.82) is 0 Å². The van der Waals surface area contributed by atoms with Crippen LogP contribution in [0.2, 0.25) is 0 Å². The predicted molar refractivity (Wildman–Crippen MR) is 227 cm³/mol. The van der Waals surface area contributed by atoms with Gasteiger partial charge in [0.2, 0.25) is 0 Å². The lowest BCUT2D eigenvalue weighted by atomic mass is 10.0. The number of fused-ring (bicyclic) bond motifs is 6. The van der Waals surface area contributed by atoms with Crippen LogP contribution in [-0.2, 0) is 0 Å². The van der Waals surface area contributed by atoms with E-state index in [9.17, 15) is 0 Å². The maximum atomic E-state index is 6.27. The fraction of sp³-hybridized carbons (Fsp3) is 0. The van der Waals surface area contributed by atoms with E-state index in [4.69, 9.17) is 13.5 Å². The molecule has 0 N–H and O–H groups in total. The van der Waals surface area contributed by atoms with Crippen LogP contribution in [0.1, 0.15) is 0 Å². The van der Waals surface area contributed by atoms with Crippen molar-refractivity contribution < 1.29 is 4.74 Å². The molecule has 0 unspecified atom stereocenters. The Labute approximate surface area is 321 Å². The van der Waals surface area contributed by atoms with Crippen LogP contribution in [0.15, 0.2) is 188 Å². The maximum Gasteiger partial charge on any atom is 0.151 e. The minimum atomic E-state index is 0.830. The first kappa shape index (κ1) is 31.3. The van der Waals surface area contributed by atoms with Gasteiger partial charge >= 0.3 is 0 Å². The third-order valence-electron chi connectivity index (χ3n) is 10.5. The van der Waals surface area contributed by atoms with Crippen molar-refractivity contribution in [2.45, 2.75) is 0 Å². The first-order valence-electron chi connectivity index (χ1n) is 18.3. The molecule has 0 aliphatic carbocycles. The SMILES string of the molecule is c1ccc(N(c2ccc(N3c4ccccc4Oc4ccccc43)cc2)c2ccc(-c3ccc(-n4c5ccccc5c5ccccc54)cc3)c3nsnc23)cc1. The summed E-state index contributed by atoms with van der Waals surface area (Å²) >= 11 is 1.25. The molecule has 11 rings (SSSR count). The second kappa shape index (κ2) is 12.7. The zero-order valence-electron chi connectivity index (χ0n) is 29.5. The predicted octanol–water partition coefficient (Wildman–Crippen LogP) is 13.5. The molecule has 0 atom stereocenters. The van der Waals surface area contributed by atoms with Gasteiger partial charge in [-0.1, -0.05) is 91.0 Å². The molecule has 0 saturated carbocycles. The van der Waals surface area contributed by atoms with E-state index in [1.165, 1.54) is 33.5 Å². The van der Waals surface area contributed by atoms with Gasteiger partial charge < -0.3 is 19.1 Å². The fourth-order valence-corrected chi connectivity index (χ4v) is 8.56. The third kappa shape index (κ3) is 5.09. The van der Waals surface area contributed by atoms with Crippen LogP contribution < -0.4 is 14.5 Å². The highest BCUT2D eigenvalue weighted by Crippen LogP contribution is 2.51. The van der Waals surface area contributed by atoms with Crippen molar-refractivity contribution in [2.24, 2.45) is 0 Å². The van der Waals surface area contributed by atoms with Gasteiger partial charge in [-0.3, -0.25) is 0 Å². The highest BCUT2D eigenvalue weighted by Gasteiger charge is 2.26. The van der Waals surface area contributed by atoms with Crippen molar-refractivity contribution in [3.63, 3.8) is 0 Å². The van der Waals surface area contributed by atoms with E-state index in [1.54, 1.807) is 0 Å². The summed E-state index contributed by atoms with van der Waals surface area (Å²) in [5.74, 6) is 1.66. The van der Waals surface area contributed by atoms with Gasteiger partial charge in [0, 0.05) is 39.1 Å². The number of rotatable bonds is 6. The number of aromatic nitrogens is 3. The van der Waals surface area contributed by atoms with E-state index < -0.39 is 0 Å². The molecule has 1 aliphatic rings. The Balaban J connectivity index is 0.986. The molecule has 3 heterocycles. The Hall–Kier alpha value is -7.22. The Morgan fingerprint density at radius 3 is 1.67 bits per heavy atom. The first-order chi connectivity index (χ1) is 27.3.